The van der Waals surface area contributed by atoms with Gasteiger partial charge >= 0.3 is 0 Å². The Hall–Kier alpha value is -1.06. The largest absolute Gasteiger partial charge is 0.338 e. The molecule has 1 aliphatic rings. The number of halogens is 1. The van der Waals surface area contributed by atoms with E-state index in [1.807, 2.05) is 38.2 Å². The third-order valence-corrected chi connectivity index (χ3v) is 4.17. The van der Waals surface area contributed by atoms with Gasteiger partial charge in [0.05, 0.1) is 11.5 Å². The summed E-state index contributed by atoms with van der Waals surface area (Å²) in [5.74, 6) is 0.150. The Morgan fingerprint density at radius 2 is 2.22 bits per heavy atom. The molecule has 0 bridgehead atoms. The lowest BCUT2D eigenvalue weighted by Gasteiger charge is -2.29. The fourth-order valence-corrected chi connectivity index (χ4v) is 2.39. The molecule has 2 rings (SSSR count). The van der Waals surface area contributed by atoms with Crippen molar-refractivity contribution in [1.29, 1.82) is 0 Å². The van der Waals surface area contributed by atoms with Gasteiger partial charge in [-0.2, -0.15) is 0 Å². The van der Waals surface area contributed by atoms with Crippen LogP contribution < -0.4 is 5.73 Å². The van der Waals surface area contributed by atoms with Crippen LogP contribution in [0.2, 0.25) is 5.02 Å². The summed E-state index contributed by atoms with van der Waals surface area (Å²) in [7, 11) is 1.84. The molecule has 1 aromatic rings. The van der Waals surface area contributed by atoms with Crippen molar-refractivity contribution in [1.82, 2.24) is 4.90 Å². The topological polar surface area (TPSA) is 46.3 Å². The van der Waals surface area contributed by atoms with Crippen LogP contribution in [0.4, 0.5) is 0 Å². The maximum atomic E-state index is 12.4. The van der Waals surface area contributed by atoms with Gasteiger partial charge in [-0.15, -0.1) is 0 Å². The maximum Gasteiger partial charge on any atom is 0.230 e. The number of rotatable bonds is 4. The van der Waals surface area contributed by atoms with Crippen molar-refractivity contribution < 1.29 is 4.79 Å². The van der Waals surface area contributed by atoms with Crippen molar-refractivity contribution in [2.45, 2.75) is 25.8 Å². The number of amides is 1. The molecule has 98 valence electrons. The minimum absolute atomic E-state index is 0.0141. The van der Waals surface area contributed by atoms with Gasteiger partial charge in [-0.05, 0) is 37.5 Å². The first kappa shape index (κ1) is 13.4. The Balaban J connectivity index is 2.14. The lowest BCUT2D eigenvalue weighted by Crippen LogP contribution is -2.39. The smallest absolute Gasteiger partial charge is 0.230 e. The Bertz CT molecular complexity index is 457. The van der Waals surface area contributed by atoms with Crippen LogP contribution in [-0.2, 0) is 4.79 Å². The highest BCUT2D eigenvalue weighted by atomic mass is 35.5. The van der Waals surface area contributed by atoms with E-state index in [1.54, 1.807) is 4.90 Å². The van der Waals surface area contributed by atoms with E-state index in [4.69, 9.17) is 17.3 Å². The second-order valence-electron chi connectivity index (χ2n) is 5.13. The highest BCUT2D eigenvalue weighted by molar-refractivity contribution is 6.30. The molecule has 1 aromatic carbocycles. The molecule has 0 aromatic heterocycles. The third kappa shape index (κ3) is 2.38. The molecular formula is C14H19ClN2O. The first-order valence-corrected chi connectivity index (χ1v) is 6.61. The molecule has 2 N–H and O–H groups in total. The van der Waals surface area contributed by atoms with Gasteiger partial charge in [0.15, 0.2) is 0 Å². The van der Waals surface area contributed by atoms with Crippen LogP contribution in [0.1, 0.15) is 31.4 Å². The predicted octanol–water partition coefficient (Wildman–Crippen LogP) is 2.60. The number of hydrogen-bond donors (Lipinski definition) is 1. The number of nitrogens with two attached hydrogens (primary N) is 1. The quantitative estimate of drug-likeness (QED) is 0.911. The maximum absolute atomic E-state index is 12.4. The molecule has 1 aliphatic carbocycles. The number of hydrogen-bond acceptors (Lipinski definition) is 2. The summed E-state index contributed by atoms with van der Waals surface area (Å²) in [4.78, 5) is 14.2. The molecule has 0 radical (unpaired) electrons. The van der Waals surface area contributed by atoms with Gasteiger partial charge in [-0.25, -0.2) is 0 Å². The number of carbonyl (C=O) groups excluding carboxylic acids is 1. The lowest BCUT2D eigenvalue weighted by molar-refractivity contribution is -0.137. The summed E-state index contributed by atoms with van der Waals surface area (Å²) in [5, 5.41) is 0.695. The molecular weight excluding hydrogens is 248 g/mol. The van der Waals surface area contributed by atoms with Crippen LogP contribution in [0.15, 0.2) is 24.3 Å². The highest BCUT2D eigenvalue weighted by Crippen LogP contribution is 2.46. The number of benzene rings is 1. The molecule has 1 amide bonds. The van der Waals surface area contributed by atoms with Crippen LogP contribution in [-0.4, -0.2) is 24.4 Å². The van der Waals surface area contributed by atoms with E-state index in [2.05, 4.69) is 0 Å². The van der Waals surface area contributed by atoms with E-state index >= 15 is 0 Å². The Morgan fingerprint density at radius 3 is 2.72 bits per heavy atom. The first-order chi connectivity index (χ1) is 8.50. The van der Waals surface area contributed by atoms with E-state index in [-0.39, 0.29) is 17.4 Å². The average Bonchev–Trinajstić information content (AvgIpc) is 3.17. The fraction of sp³-hybridized carbons (Fsp3) is 0.500. The molecule has 1 atom stereocenters. The molecule has 0 spiro atoms. The molecule has 0 aliphatic heterocycles. The zero-order valence-electron chi connectivity index (χ0n) is 10.8. The van der Waals surface area contributed by atoms with E-state index in [0.29, 0.717) is 11.6 Å². The van der Waals surface area contributed by atoms with E-state index in [9.17, 15) is 4.79 Å². The fourth-order valence-electron chi connectivity index (χ4n) is 2.20. The molecule has 1 unspecified atom stereocenters. The van der Waals surface area contributed by atoms with Crippen molar-refractivity contribution >= 4 is 17.5 Å². The molecule has 0 heterocycles. The van der Waals surface area contributed by atoms with Gasteiger partial charge in [0.2, 0.25) is 5.91 Å². The normalized spacial score (nSPS) is 18.2. The second-order valence-corrected chi connectivity index (χ2v) is 5.57. The molecule has 18 heavy (non-hydrogen) atoms. The van der Waals surface area contributed by atoms with E-state index < -0.39 is 0 Å². The summed E-state index contributed by atoms with van der Waals surface area (Å²) < 4.78 is 0. The standard InChI is InChI=1S/C14H19ClN2O/c1-10(11-4-3-5-12(15)8-11)17(2)13(18)14(9-16)6-7-14/h3-5,8,10H,6-7,9,16H2,1-2H3. The van der Waals surface area contributed by atoms with Crippen molar-refractivity contribution in [3.63, 3.8) is 0 Å². The van der Waals surface area contributed by atoms with E-state index in [0.717, 1.165) is 18.4 Å². The summed E-state index contributed by atoms with van der Waals surface area (Å²) in [5.41, 5.74) is 6.46. The van der Waals surface area contributed by atoms with Gasteiger partial charge in [0.1, 0.15) is 0 Å². The average molecular weight is 267 g/mol. The molecule has 0 saturated heterocycles. The molecule has 1 saturated carbocycles. The zero-order valence-corrected chi connectivity index (χ0v) is 11.6. The summed E-state index contributed by atoms with van der Waals surface area (Å²) in [6.45, 7) is 2.45. The van der Waals surface area contributed by atoms with Crippen molar-refractivity contribution in [3.8, 4) is 0 Å². The number of nitrogens with zero attached hydrogens (tertiary/aromatic N) is 1. The highest BCUT2D eigenvalue weighted by Gasteiger charge is 2.50. The number of carbonyl (C=O) groups is 1. The van der Waals surface area contributed by atoms with Crippen LogP contribution in [0.5, 0.6) is 0 Å². The monoisotopic (exact) mass is 266 g/mol. The summed E-state index contributed by atoms with van der Waals surface area (Å²) in [6.07, 6.45) is 1.82. The summed E-state index contributed by atoms with van der Waals surface area (Å²) >= 11 is 5.98. The van der Waals surface area contributed by atoms with Gasteiger partial charge in [-0.1, -0.05) is 23.7 Å². The first-order valence-electron chi connectivity index (χ1n) is 6.23. The Labute approximate surface area is 113 Å². The van der Waals surface area contributed by atoms with Crippen LogP contribution in [0, 0.1) is 5.41 Å². The summed E-state index contributed by atoms with van der Waals surface area (Å²) in [6, 6.07) is 7.64. The van der Waals surface area contributed by atoms with Crippen molar-refractivity contribution in [3.05, 3.63) is 34.9 Å². The van der Waals surface area contributed by atoms with Gasteiger partial charge in [0.25, 0.3) is 0 Å². The van der Waals surface area contributed by atoms with Crippen LogP contribution in [0.25, 0.3) is 0 Å². The SMILES string of the molecule is CC(c1cccc(Cl)c1)N(C)C(=O)C1(CN)CC1. The van der Waals surface area contributed by atoms with Crippen LogP contribution >= 0.6 is 11.6 Å². The predicted molar refractivity (Wildman–Crippen MR) is 73.4 cm³/mol. The molecule has 1 fully saturated rings. The zero-order chi connectivity index (χ0) is 13.3. The van der Waals surface area contributed by atoms with Crippen molar-refractivity contribution in [2.75, 3.05) is 13.6 Å². The van der Waals surface area contributed by atoms with E-state index in [1.165, 1.54) is 0 Å². The minimum Gasteiger partial charge on any atom is -0.338 e. The third-order valence-electron chi connectivity index (χ3n) is 3.93. The Kier molecular flexibility index (Phi) is 3.64. The van der Waals surface area contributed by atoms with Gasteiger partial charge < -0.3 is 10.6 Å². The van der Waals surface area contributed by atoms with Crippen molar-refractivity contribution in [2.24, 2.45) is 11.1 Å². The van der Waals surface area contributed by atoms with Crippen LogP contribution in [0.3, 0.4) is 0 Å². The minimum atomic E-state index is -0.290. The molecule has 3 nitrogen and oxygen atoms in total. The lowest BCUT2D eigenvalue weighted by atomic mass is 10.0. The van der Waals surface area contributed by atoms with Gasteiger partial charge in [-0.3, -0.25) is 4.79 Å². The molecule has 4 heteroatoms. The second kappa shape index (κ2) is 4.90. The Morgan fingerprint density at radius 1 is 1.56 bits per heavy atom. The van der Waals surface area contributed by atoms with Gasteiger partial charge in [0, 0.05) is 18.6 Å².